The third-order valence-corrected chi connectivity index (χ3v) is 7.67. The van der Waals surface area contributed by atoms with E-state index in [1.165, 1.54) is 24.0 Å². The summed E-state index contributed by atoms with van der Waals surface area (Å²) in [6, 6.07) is 16.5. The van der Waals surface area contributed by atoms with E-state index in [2.05, 4.69) is 29.6 Å². The van der Waals surface area contributed by atoms with Crippen molar-refractivity contribution in [2.45, 2.75) is 56.2 Å². The summed E-state index contributed by atoms with van der Waals surface area (Å²) in [5, 5.41) is 37.6. The Hall–Kier alpha value is -4.20. The van der Waals surface area contributed by atoms with Crippen molar-refractivity contribution in [3.05, 3.63) is 59.7 Å². The Kier molecular flexibility index (Phi) is 12.5. The minimum Gasteiger partial charge on any atom is -0.497 e. The number of methoxy groups -OCH3 is 1. The Labute approximate surface area is 255 Å². The first-order valence-electron chi connectivity index (χ1n) is 14.3. The zero-order valence-corrected chi connectivity index (χ0v) is 24.7. The molecule has 2 aliphatic rings. The van der Waals surface area contributed by atoms with Crippen LogP contribution in [0, 0.1) is 0 Å². The van der Waals surface area contributed by atoms with Gasteiger partial charge in [0.1, 0.15) is 11.5 Å². The maximum atomic E-state index is 12.2. The molecular weight excluding hydrogens is 576 g/mol. The molecule has 4 rings (SSSR count). The molecule has 0 radical (unpaired) electrons. The topological polar surface area (TPSA) is 192 Å². The summed E-state index contributed by atoms with van der Waals surface area (Å²) < 4.78 is 16.3. The number of carboxylic acid groups (broad SMARTS) is 3. The van der Waals surface area contributed by atoms with Crippen LogP contribution in [0.5, 0.6) is 11.5 Å². The Bertz CT molecular complexity index is 1240. The number of carbonyl (C=O) groups excluding carboxylic acids is 1. The fraction of sp³-hybridized carbons (Fsp3) is 0.484. The van der Waals surface area contributed by atoms with Crippen molar-refractivity contribution in [1.82, 2.24) is 10.2 Å². The Morgan fingerprint density at radius 2 is 1.43 bits per heavy atom. The van der Waals surface area contributed by atoms with Crippen LogP contribution in [0.3, 0.4) is 0 Å². The van der Waals surface area contributed by atoms with Crippen LogP contribution in [0.15, 0.2) is 48.5 Å². The second-order valence-electron chi connectivity index (χ2n) is 10.8. The van der Waals surface area contributed by atoms with Crippen LogP contribution >= 0.6 is 0 Å². The van der Waals surface area contributed by atoms with Gasteiger partial charge in [0.2, 0.25) is 0 Å². The van der Waals surface area contributed by atoms with E-state index >= 15 is 0 Å². The number of aliphatic carboxylic acids is 3. The maximum Gasteiger partial charge on any atom is 0.336 e. The third-order valence-electron chi connectivity index (χ3n) is 7.67. The summed E-state index contributed by atoms with van der Waals surface area (Å²) in [7, 11) is 1.70. The lowest BCUT2D eigenvalue weighted by atomic mass is 9.88. The highest BCUT2D eigenvalue weighted by molar-refractivity contribution is 5.88. The first kappa shape index (κ1) is 34.3. The van der Waals surface area contributed by atoms with Gasteiger partial charge in [-0.2, -0.15) is 0 Å². The molecule has 0 bridgehead atoms. The molecule has 240 valence electrons. The number of benzene rings is 2. The van der Waals surface area contributed by atoms with Crippen molar-refractivity contribution in [1.29, 1.82) is 0 Å². The van der Waals surface area contributed by atoms with E-state index in [1.54, 1.807) is 12.0 Å². The molecule has 0 unspecified atom stereocenters. The molecular formula is C31H40N2O11. The van der Waals surface area contributed by atoms with Crippen molar-refractivity contribution in [2.24, 2.45) is 0 Å². The summed E-state index contributed by atoms with van der Waals surface area (Å²) in [5.41, 5.74) is -0.192. The molecule has 5 N–H and O–H groups in total. The van der Waals surface area contributed by atoms with Gasteiger partial charge in [-0.25, -0.2) is 4.79 Å². The van der Waals surface area contributed by atoms with Gasteiger partial charge in [-0.3, -0.25) is 14.4 Å². The molecule has 2 aromatic carbocycles. The minimum atomic E-state index is -2.74. The van der Waals surface area contributed by atoms with E-state index in [0.717, 1.165) is 30.9 Å². The fourth-order valence-corrected chi connectivity index (χ4v) is 5.19. The Morgan fingerprint density at radius 1 is 0.886 bits per heavy atom. The summed E-state index contributed by atoms with van der Waals surface area (Å²) in [5.74, 6) is -3.40. The smallest absolute Gasteiger partial charge is 0.336 e. The molecule has 1 amide bonds. The molecule has 1 aliphatic heterocycles. The average Bonchev–Trinajstić information content (AvgIpc) is 3.49. The van der Waals surface area contributed by atoms with Crippen molar-refractivity contribution in [2.75, 3.05) is 40.0 Å². The Balaban J connectivity index is 0.000000345. The summed E-state index contributed by atoms with van der Waals surface area (Å²) in [4.78, 5) is 44.5. The lowest BCUT2D eigenvalue weighted by Crippen LogP contribution is -2.42. The zero-order chi connectivity index (χ0) is 32.2. The highest BCUT2D eigenvalue weighted by Gasteiger charge is 2.41. The summed E-state index contributed by atoms with van der Waals surface area (Å²) in [6.07, 6.45) is 2.48. The SMILES string of the molecule is COc1ccc(C2(NCc3ccc(OCC(=O)N4CCOCC4)cc3)CCCC2)cc1.O=C(O)CC(O)(CC(=O)O)C(=O)O. The van der Waals surface area contributed by atoms with Gasteiger partial charge in [0.05, 0.1) is 33.2 Å². The van der Waals surface area contributed by atoms with Crippen molar-refractivity contribution in [3.63, 3.8) is 0 Å². The zero-order valence-electron chi connectivity index (χ0n) is 24.7. The lowest BCUT2D eigenvalue weighted by Gasteiger charge is -2.31. The van der Waals surface area contributed by atoms with E-state index in [-0.39, 0.29) is 18.1 Å². The first-order chi connectivity index (χ1) is 21.0. The van der Waals surface area contributed by atoms with Gasteiger partial charge in [-0.1, -0.05) is 37.1 Å². The maximum absolute atomic E-state index is 12.2. The number of nitrogens with zero attached hydrogens (tertiary/aromatic N) is 1. The first-order valence-corrected chi connectivity index (χ1v) is 14.3. The van der Waals surface area contributed by atoms with Crippen molar-refractivity contribution >= 4 is 23.8 Å². The highest BCUT2D eigenvalue weighted by atomic mass is 16.5. The number of carbonyl (C=O) groups is 4. The van der Waals surface area contributed by atoms with Crippen molar-refractivity contribution in [3.8, 4) is 11.5 Å². The van der Waals surface area contributed by atoms with Crippen molar-refractivity contribution < 1.29 is 53.8 Å². The van der Waals surface area contributed by atoms with Crippen LogP contribution in [0.2, 0.25) is 0 Å². The highest BCUT2D eigenvalue weighted by Crippen LogP contribution is 2.39. The van der Waals surface area contributed by atoms with Crippen LogP contribution in [0.4, 0.5) is 0 Å². The minimum absolute atomic E-state index is 0.0108. The number of morpholine rings is 1. The monoisotopic (exact) mass is 616 g/mol. The number of hydrogen-bond acceptors (Lipinski definition) is 9. The van der Waals surface area contributed by atoms with Gasteiger partial charge in [0, 0.05) is 25.2 Å². The van der Waals surface area contributed by atoms with Crippen LogP contribution in [0.1, 0.15) is 49.7 Å². The number of rotatable bonds is 13. The normalized spacial score (nSPS) is 15.9. The quantitative estimate of drug-likeness (QED) is 0.221. The van der Waals surface area contributed by atoms with Gasteiger partial charge in [0.15, 0.2) is 12.2 Å². The molecule has 2 fully saturated rings. The molecule has 2 aromatic rings. The molecule has 1 aliphatic carbocycles. The van der Waals surface area contributed by atoms with E-state index < -0.39 is 36.4 Å². The number of nitrogens with one attached hydrogen (secondary N) is 1. The molecule has 0 atom stereocenters. The standard InChI is InChI=1S/C25H32N2O4.C6H8O7/c1-29-22-10-6-21(7-11-22)25(12-2-3-13-25)26-18-20-4-8-23(9-5-20)31-19-24(28)27-14-16-30-17-15-27;7-3(8)1-6(13,5(11)12)2-4(9)10/h4-11,26H,2-3,12-19H2,1H3;13H,1-2H2,(H,7,8)(H,9,10)(H,11,12). The van der Waals surface area contributed by atoms with Crippen LogP contribution in [0.25, 0.3) is 0 Å². The molecule has 1 saturated carbocycles. The second-order valence-corrected chi connectivity index (χ2v) is 10.8. The van der Waals surface area contributed by atoms with Gasteiger partial charge in [-0.05, 0) is 48.2 Å². The van der Waals surface area contributed by atoms with Crippen LogP contribution < -0.4 is 14.8 Å². The van der Waals surface area contributed by atoms with Crippen LogP contribution in [-0.2, 0) is 36.0 Å². The predicted octanol–water partition coefficient (Wildman–Crippen LogP) is 2.24. The molecule has 0 spiro atoms. The third kappa shape index (κ3) is 9.93. The molecule has 1 heterocycles. The van der Waals surface area contributed by atoms with E-state index in [1.807, 2.05) is 24.3 Å². The number of hydrogen-bond donors (Lipinski definition) is 5. The molecule has 0 aromatic heterocycles. The lowest BCUT2D eigenvalue weighted by molar-refractivity contribution is -0.170. The number of carboxylic acids is 3. The molecule has 44 heavy (non-hydrogen) atoms. The molecule has 13 heteroatoms. The summed E-state index contributed by atoms with van der Waals surface area (Å²) in [6.45, 7) is 3.35. The number of ether oxygens (including phenoxy) is 3. The molecule has 13 nitrogen and oxygen atoms in total. The van der Waals surface area contributed by atoms with Gasteiger partial charge in [-0.15, -0.1) is 0 Å². The van der Waals surface area contributed by atoms with Gasteiger partial charge < -0.3 is 44.9 Å². The molecule has 1 saturated heterocycles. The van der Waals surface area contributed by atoms with E-state index in [4.69, 9.17) is 34.6 Å². The Morgan fingerprint density at radius 3 is 1.93 bits per heavy atom. The summed E-state index contributed by atoms with van der Waals surface area (Å²) >= 11 is 0. The average molecular weight is 617 g/mol. The van der Waals surface area contributed by atoms with E-state index in [9.17, 15) is 19.2 Å². The largest absolute Gasteiger partial charge is 0.497 e. The van der Waals surface area contributed by atoms with Gasteiger partial charge >= 0.3 is 17.9 Å². The second kappa shape index (κ2) is 16.0. The number of amides is 1. The fourth-order valence-electron chi connectivity index (χ4n) is 5.19. The number of aliphatic hydroxyl groups is 1. The van der Waals surface area contributed by atoms with Crippen LogP contribution in [-0.4, -0.2) is 94.8 Å². The van der Waals surface area contributed by atoms with E-state index in [0.29, 0.717) is 26.3 Å². The predicted molar refractivity (Wildman–Crippen MR) is 156 cm³/mol. The van der Waals surface area contributed by atoms with Gasteiger partial charge in [0.25, 0.3) is 5.91 Å².